The van der Waals surface area contributed by atoms with Crippen molar-refractivity contribution in [1.82, 2.24) is 0 Å². The summed E-state index contributed by atoms with van der Waals surface area (Å²) in [5.74, 6) is 0. The molecule has 0 amide bonds. The van der Waals surface area contributed by atoms with Crippen molar-refractivity contribution in [2.45, 2.75) is 25.8 Å². The molecule has 0 heterocycles. The Morgan fingerprint density at radius 2 is 2.06 bits per heavy atom. The molecule has 16 heavy (non-hydrogen) atoms. The van der Waals surface area contributed by atoms with Gasteiger partial charge in [0.15, 0.2) is 5.54 Å². The molecule has 80 valence electrons. The van der Waals surface area contributed by atoms with E-state index in [1.165, 1.54) is 18.2 Å². The average molecular weight is 215 g/mol. The number of nitrogens with zero attached hydrogens (tertiary/aromatic N) is 3. The fourth-order valence-electron chi connectivity index (χ4n) is 1.78. The van der Waals surface area contributed by atoms with E-state index in [0.29, 0.717) is 11.3 Å². The van der Waals surface area contributed by atoms with Gasteiger partial charge < -0.3 is 0 Å². The predicted octanol–water partition coefficient (Wildman–Crippen LogP) is 1.54. The van der Waals surface area contributed by atoms with Gasteiger partial charge in [0.1, 0.15) is 0 Å². The number of carbonyl (C=O) groups excluding carboxylic acids is 2. The maximum absolute atomic E-state index is 10.3. The van der Waals surface area contributed by atoms with Crippen LogP contribution in [0.25, 0.3) is 0 Å². The third kappa shape index (κ3) is 2.04. The SMILES string of the molecule is CC1=CC(C#N)(N=C=O)CC(C)=C1N=C=O. The molecule has 0 saturated carbocycles. The lowest BCUT2D eigenvalue weighted by molar-refractivity contribution is 0.549. The van der Waals surface area contributed by atoms with Crippen LogP contribution in [0.5, 0.6) is 0 Å². The van der Waals surface area contributed by atoms with Crippen LogP contribution in [0.2, 0.25) is 0 Å². The maximum atomic E-state index is 10.3. The van der Waals surface area contributed by atoms with Gasteiger partial charge in [-0.2, -0.15) is 15.2 Å². The molecule has 5 heteroatoms. The van der Waals surface area contributed by atoms with Crippen LogP contribution >= 0.6 is 0 Å². The van der Waals surface area contributed by atoms with Gasteiger partial charge in [-0.1, -0.05) is 0 Å². The lowest BCUT2D eigenvalue weighted by Gasteiger charge is -2.23. The summed E-state index contributed by atoms with van der Waals surface area (Å²) in [5, 5.41) is 9.03. The summed E-state index contributed by atoms with van der Waals surface area (Å²) in [5.41, 5.74) is 0.649. The third-order valence-electron chi connectivity index (χ3n) is 2.36. The van der Waals surface area contributed by atoms with Crippen LogP contribution in [-0.4, -0.2) is 17.7 Å². The van der Waals surface area contributed by atoms with Crippen LogP contribution in [0, 0.1) is 11.3 Å². The van der Waals surface area contributed by atoms with Crippen LogP contribution in [0.1, 0.15) is 20.3 Å². The van der Waals surface area contributed by atoms with E-state index < -0.39 is 5.54 Å². The zero-order valence-corrected chi connectivity index (χ0v) is 8.94. The summed E-state index contributed by atoms with van der Waals surface area (Å²) in [4.78, 5) is 27.6. The van der Waals surface area contributed by atoms with E-state index in [4.69, 9.17) is 5.26 Å². The van der Waals surface area contributed by atoms with Crippen LogP contribution in [0.4, 0.5) is 0 Å². The second-order valence-corrected chi connectivity index (χ2v) is 3.58. The minimum absolute atomic E-state index is 0.233. The second-order valence-electron chi connectivity index (χ2n) is 3.58. The van der Waals surface area contributed by atoms with E-state index in [1.54, 1.807) is 13.8 Å². The normalized spacial score (nSPS) is 23.7. The topological polar surface area (TPSA) is 82.7 Å². The molecular weight excluding hydrogens is 206 g/mol. The number of nitriles is 1. The van der Waals surface area contributed by atoms with Crippen LogP contribution in [0.15, 0.2) is 32.9 Å². The van der Waals surface area contributed by atoms with E-state index in [0.717, 1.165) is 5.57 Å². The predicted molar refractivity (Wildman–Crippen MR) is 55.7 cm³/mol. The number of aliphatic imine (C=N–C) groups is 2. The highest BCUT2D eigenvalue weighted by Crippen LogP contribution is 2.33. The molecule has 0 aromatic heterocycles. The Bertz CT molecular complexity index is 512. The smallest absolute Gasteiger partial charge is 0.211 e. The third-order valence-corrected chi connectivity index (χ3v) is 2.36. The number of hydrogen-bond acceptors (Lipinski definition) is 5. The zero-order chi connectivity index (χ0) is 12.2. The molecule has 0 bridgehead atoms. The summed E-state index contributed by atoms with van der Waals surface area (Å²) >= 11 is 0. The lowest BCUT2D eigenvalue weighted by Crippen LogP contribution is -2.25. The zero-order valence-electron chi connectivity index (χ0n) is 8.94. The van der Waals surface area contributed by atoms with Gasteiger partial charge in [0.25, 0.3) is 0 Å². The number of hydrogen-bond donors (Lipinski definition) is 0. The first-order valence-corrected chi connectivity index (χ1v) is 4.56. The molecule has 0 saturated heterocycles. The van der Waals surface area contributed by atoms with Crippen molar-refractivity contribution in [3.63, 3.8) is 0 Å². The molecule has 1 aliphatic carbocycles. The summed E-state index contributed by atoms with van der Waals surface area (Å²) in [6.45, 7) is 3.43. The highest BCUT2D eigenvalue weighted by Gasteiger charge is 2.32. The molecule has 0 aromatic carbocycles. The van der Waals surface area contributed by atoms with E-state index in [9.17, 15) is 9.59 Å². The van der Waals surface area contributed by atoms with Crippen molar-refractivity contribution in [2.75, 3.05) is 0 Å². The fraction of sp³-hybridized carbons (Fsp3) is 0.364. The van der Waals surface area contributed by atoms with Crippen LogP contribution in [0.3, 0.4) is 0 Å². The molecule has 0 radical (unpaired) electrons. The Morgan fingerprint density at radius 3 is 2.50 bits per heavy atom. The van der Waals surface area contributed by atoms with Crippen molar-refractivity contribution in [3.8, 4) is 6.07 Å². The summed E-state index contributed by atoms with van der Waals surface area (Å²) in [6, 6.07) is 1.96. The van der Waals surface area contributed by atoms with Crippen molar-refractivity contribution in [2.24, 2.45) is 9.98 Å². The Hall–Kier alpha value is -2.27. The molecular formula is C11H9N3O2. The number of allylic oxidation sites excluding steroid dienone is 1. The van der Waals surface area contributed by atoms with Crippen molar-refractivity contribution < 1.29 is 9.59 Å². The highest BCUT2D eigenvalue weighted by molar-refractivity contribution is 5.51. The molecule has 1 unspecified atom stereocenters. The van der Waals surface area contributed by atoms with Gasteiger partial charge in [0.05, 0.1) is 11.8 Å². The first-order valence-electron chi connectivity index (χ1n) is 4.56. The Morgan fingerprint density at radius 1 is 1.38 bits per heavy atom. The second kappa shape index (κ2) is 4.50. The molecule has 5 nitrogen and oxygen atoms in total. The molecule has 0 spiro atoms. The molecule has 0 aromatic rings. The maximum Gasteiger partial charge on any atom is 0.240 e. The molecule has 1 aliphatic rings. The molecule has 1 atom stereocenters. The first kappa shape index (κ1) is 11.8. The monoisotopic (exact) mass is 215 g/mol. The standard InChI is InChI=1S/C11H9N3O2/c1-8-3-11(5-12,14-7-16)4-9(2)10(8)13-6-15/h3H,4H2,1-2H3. The van der Waals surface area contributed by atoms with Gasteiger partial charge in [-0.3, -0.25) is 0 Å². The van der Waals surface area contributed by atoms with E-state index in [2.05, 4.69) is 9.98 Å². The molecule has 0 aliphatic heterocycles. The van der Waals surface area contributed by atoms with Crippen LogP contribution in [-0.2, 0) is 9.59 Å². The van der Waals surface area contributed by atoms with E-state index >= 15 is 0 Å². The minimum atomic E-state index is -1.21. The fourth-order valence-corrected chi connectivity index (χ4v) is 1.78. The molecule has 1 rings (SSSR count). The number of isocyanates is 2. The number of rotatable bonds is 2. The highest BCUT2D eigenvalue weighted by atomic mass is 16.1. The van der Waals surface area contributed by atoms with Gasteiger partial charge in [-0.15, -0.1) is 0 Å². The van der Waals surface area contributed by atoms with Crippen molar-refractivity contribution in [1.29, 1.82) is 5.26 Å². The summed E-state index contributed by atoms with van der Waals surface area (Å²) < 4.78 is 0. The van der Waals surface area contributed by atoms with Gasteiger partial charge in [0.2, 0.25) is 12.2 Å². The Labute approximate surface area is 92.5 Å². The summed E-state index contributed by atoms with van der Waals surface area (Å²) in [7, 11) is 0. The van der Waals surface area contributed by atoms with Gasteiger partial charge in [-0.05, 0) is 31.1 Å². The quantitative estimate of drug-likeness (QED) is 0.517. The van der Waals surface area contributed by atoms with Crippen molar-refractivity contribution >= 4 is 12.2 Å². The minimum Gasteiger partial charge on any atom is -0.211 e. The Kier molecular flexibility index (Phi) is 3.32. The first-order chi connectivity index (χ1) is 7.58. The summed E-state index contributed by atoms with van der Waals surface area (Å²) in [6.07, 6.45) is 4.60. The van der Waals surface area contributed by atoms with Crippen molar-refractivity contribution in [3.05, 3.63) is 22.9 Å². The van der Waals surface area contributed by atoms with Gasteiger partial charge in [0, 0.05) is 6.42 Å². The van der Waals surface area contributed by atoms with E-state index in [1.807, 2.05) is 6.07 Å². The largest absolute Gasteiger partial charge is 0.240 e. The van der Waals surface area contributed by atoms with Crippen LogP contribution < -0.4 is 0 Å². The van der Waals surface area contributed by atoms with Gasteiger partial charge in [-0.25, -0.2) is 9.59 Å². The molecule has 0 N–H and O–H groups in total. The lowest BCUT2D eigenvalue weighted by atomic mass is 9.84. The molecule has 0 fully saturated rings. The van der Waals surface area contributed by atoms with Gasteiger partial charge >= 0.3 is 0 Å². The Balaban J connectivity index is 3.31. The average Bonchev–Trinajstić information content (AvgIpc) is 2.24. The van der Waals surface area contributed by atoms with E-state index in [-0.39, 0.29) is 6.42 Å².